The molecular formula is C23H22O10. The lowest BCUT2D eigenvalue weighted by Gasteiger charge is -2.32. The Morgan fingerprint density at radius 3 is 1.97 bits per heavy atom. The van der Waals surface area contributed by atoms with E-state index < -0.39 is 36.1 Å². The summed E-state index contributed by atoms with van der Waals surface area (Å²) >= 11 is 0. The first-order chi connectivity index (χ1) is 15.5. The lowest BCUT2D eigenvalue weighted by atomic mass is 9.93. The Bertz CT molecular complexity index is 1120. The van der Waals surface area contributed by atoms with Crippen LogP contribution in [0.1, 0.15) is 44.9 Å². The summed E-state index contributed by atoms with van der Waals surface area (Å²) in [6.07, 6.45) is -1.94. The Morgan fingerprint density at radius 2 is 1.36 bits per heavy atom. The molecule has 33 heavy (non-hydrogen) atoms. The summed E-state index contributed by atoms with van der Waals surface area (Å²) in [5.74, 6) is -1.98. The van der Waals surface area contributed by atoms with Gasteiger partial charge in [-0.2, -0.15) is 0 Å². The number of carbonyl (C=O) groups excluding carboxylic acids is 4. The molecule has 0 unspecified atom stereocenters. The minimum absolute atomic E-state index is 0.0222. The normalized spacial score (nSPS) is 16.6. The highest BCUT2D eigenvalue weighted by Gasteiger charge is 2.34. The van der Waals surface area contributed by atoms with Crippen molar-refractivity contribution in [2.24, 2.45) is 0 Å². The first-order valence-corrected chi connectivity index (χ1v) is 9.92. The third kappa shape index (κ3) is 5.86. The van der Waals surface area contributed by atoms with Crippen LogP contribution in [0, 0.1) is 0 Å². The fourth-order valence-electron chi connectivity index (χ4n) is 3.37. The van der Waals surface area contributed by atoms with E-state index in [4.69, 9.17) is 23.7 Å². The Balaban J connectivity index is 2.01. The van der Waals surface area contributed by atoms with Gasteiger partial charge in [0.1, 0.15) is 23.4 Å². The molecule has 10 nitrogen and oxygen atoms in total. The molecular weight excluding hydrogens is 436 g/mol. The second-order valence-electron chi connectivity index (χ2n) is 7.29. The number of hydrogen-bond acceptors (Lipinski definition) is 10. The van der Waals surface area contributed by atoms with Crippen LogP contribution < -0.4 is 23.7 Å². The van der Waals surface area contributed by atoms with Gasteiger partial charge in [0.2, 0.25) is 0 Å². The topological polar surface area (TPSA) is 135 Å². The van der Waals surface area contributed by atoms with Crippen molar-refractivity contribution in [1.82, 2.24) is 0 Å². The van der Waals surface area contributed by atoms with E-state index in [0.717, 1.165) is 0 Å². The fraction of sp³-hybridized carbons (Fsp3) is 0.304. The summed E-state index contributed by atoms with van der Waals surface area (Å²) in [6, 6.07) is 7.20. The zero-order chi connectivity index (χ0) is 24.3. The summed E-state index contributed by atoms with van der Waals surface area (Å²) < 4.78 is 26.5. The van der Waals surface area contributed by atoms with Crippen LogP contribution in [0.2, 0.25) is 0 Å². The zero-order valence-corrected chi connectivity index (χ0v) is 18.4. The fourth-order valence-corrected chi connectivity index (χ4v) is 3.37. The van der Waals surface area contributed by atoms with Crippen molar-refractivity contribution in [3.63, 3.8) is 0 Å². The number of aliphatic hydroxyl groups excluding tert-OH is 1. The van der Waals surface area contributed by atoms with Crippen LogP contribution in [0.5, 0.6) is 28.7 Å². The summed E-state index contributed by atoms with van der Waals surface area (Å²) in [5, 5.41) is 10.8. The Kier molecular flexibility index (Phi) is 6.98. The van der Waals surface area contributed by atoms with Gasteiger partial charge in [0.05, 0.1) is 6.10 Å². The monoisotopic (exact) mass is 458 g/mol. The number of ether oxygens (including phenoxy) is 5. The van der Waals surface area contributed by atoms with Crippen LogP contribution in [0.4, 0.5) is 0 Å². The maximum absolute atomic E-state index is 11.5. The van der Waals surface area contributed by atoms with Crippen molar-refractivity contribution in [2.45, 2.75) is 46.3 Å². The van der Waals surface area contributed by atoms with Gasteiger partial charge in [0.15, 0.2) is 11.5 Å². The van der Waals surface area contributed by atoms with Crippen molar-refractivity contribution in [3.05, 3.63) is 41.5 Å². The number of hydrogen-bond donors (Lipinski definition) is 1. The smallest absolute Gasteiger partial charge is 0.308 e. The summed E-state index contributed by atoms with van der Waals surface area (Å²) in [7, 11) is 0. The van der Waals surface area contributed by atoms with E-state index in [1.165, 1.54) is 52.0 Å². The molecule has 10 heteroatoms. The number of carbonyl (C=O) groups is 4. The third-order valence-electron chi connectivity index (χ3n) is 4.48. The summed E-state index contributed by atoms with van der Waals surface area (Å²) in [5.41, 5.74) is 0.842. The first-order valence-electron chi connectivity index (χ1n) is 9.92. The Morgan fingerprint density at radius 1 is 0.788 bits per heavy atom. The number of esters is 4. The van der Waals surface area contributed by atoms with Crippen LogP contribution in [-0.4, -0.2) is 35.1 Å². The molecule has 0 amide bonds. The van der Waals surface area contributed by atoms with Gasteiger partial charge in [-0.05, 0) is 17.7 Å². The van der Waals surface area contributed by atoms with Gasteiger partial charge in [-0.25, -0.2) is 0 Å². The van der Waals surface area contributed by atoms with Crippen molar-refractivity contribution in [3.8, 4) is 28.7 Å². The second kappa shape index (κ2) is 9.70. The molecule has 0 aromatic heterocycles. The molecule has 0 saturated heterocycles. The molecule has 1 heterocycles. The highest BCUT2D eigenvalue weighted by Crippen LogP contribution is 2.44. The molecule has 1 aliphatic heterocycles. The quantitative estimate of drug-likeness (QED) is 0.526. The maximum atomic E-state index is 11.5. The van der Waals surface area contributed by atoms with Crippen molar-refractivity contribution in [1.29, 1.82) is 0 Å². The van der Waals surface area contributed by atoms with Gasteiger partial charge in [-0.1, -0.05) is 6.07 Å². The molecule has 174 valence electrons. The van der Waals surface area contributed by atoms with Gasteiger partial charge in [0, 0.05) is 51.8 Å². The van der Waals surface area contributed by atoms with Gasteiger partial charge in [-0.15, -0.1) is 0 Å². The first kappa shape index (κ1) is 23.7. The largest absolute Gasteiger partial charge is 0.482 e. The van der Waals surface area contributed by atoms with Gasteiger partial charge >= 0.3 is 23.9 Å². The molecule has 0 fully saturated rings. The predicted octanol–water partition coefficient (Wildman–Crippen LogP) is 2.42. The van der Waals surface area contributed by atoms with Crippen LogP contribution in [0.15, 0.2) is 30.3 Å². The van der Waals surface area contributed by atoms with E-state index in [9.17, 15) is 24.3 Å². The van der Waals surface area contributed by atoms with E-state index in [1.54, 1.807) is 6.07 Å². The van der Waals surface area contributed by atoms with E-state index in [2.05, 4.69) is 0 Å². The molecule has 0 aliphatic carbocycles. The van der Waals surface area contributed by atoms with E-state index in [0.29, 0.717) is 11.1 Å². The molecule has 0 saturated carbocycles. The number of rotatable bonds is 5. The molecule has 0 radical (unpaired) electrons. The SMILES string of the molecule is CC(=O)Oc1cc(OC(C)=O)c2c(c1)O[C@H](c1ccc(OC(C)=O)c(OC(C)=O)c1)[C@@H](O)C2. The van der Waals surface area contributed by atoms with Crippen LogP contribution in [0.3, 0.4) is 0 Å². The zero-order valence-electron chi connectivity index (χ0n) is 18.4. The van der Waals surface area contributed by atoms with Gasteiger partial charge in [-0.3, -0.25) is 19.2 Å². The van der Waals surface area contributed by atoms with Gasteiger partial charge in [0.25, 0.3) is 0 Å². The highest BCUT2D eigenvalue weighted by molar-refractivity contribution is 5.74. The molecule has 0 bridgehead atoms. The molecule has 0 spiro atoms. The number of fused-ring (bicyclic) bond motifs is 1. The molecule has 3 rings (SSSR count). The lowest BCUT2D eigenvalue weighted by molar-refractivity contribution is -0.134. The predicted molar refractivity (Wildman–Crippen MR) is 111 cm³/mol. The lowest BCUT2D eigenvalue weighted by Crippen LogP contribution is -2.31. The van der Waals surface area contributed by atoms with E-state index in [-0.39, 0.29) is 35.2 Å². The molecule has 1 aliphatic rings. The highest BCUT2D eigenvalue weighted by atomic mass is 16.6. The molecule has 1 N–H and O–H groups in total. The van der Waals surface area contributed by atoms with Crippen molar-refractivity contribution < 1.29 is 48.0 Å². The Labute approximate surface area is 189 Å². The Hall–Kier alpha value is -3.92. The van der Waals surface area contributed by atoms with Crippen LogP contribution in [-0.2, 0) is 25.6 Å². The molecule has 2 atom stereocenters. The number of benzene rings is 2. The minimum atomic E-state index is -1.07. The van der Waals surface area contributed by atoms with Crippen molar-refractivity contribution >= 4 is 23.9 Å². The van der Waals surface area contributed by atoms with E-state index >= 15 is 0 Å². The number of aliphatic hydroxyl groups is 1. The second-order valence-corrected chi connectivity index (χ2v) is 7.29. The third-order valence-corrected chi connectivity index (χ3v) is 4.48. The summed E-state index contributed by atoms with van der Waals surface area (Å²) in [4.78, 5) is 45.8. The average molecular weight is 458 g/mol. The van der Waals surface area contributed by atoms with Gasteiger partial charge < -0.3 is 28.8 Å². The van der Waals surface area contributed by atoms with Crippen LogP contribution in [0.25, 0.3) is 0 Å². The van der Waals surface area contributed by atoms with Crippen molar-refractivity contribution in [2.75, 3.05) is 0 Å². The molecule has 2 aromatic carbocycles. The minimum Gasteiger partial charge on any atom is -0.482 e. The average Bonchev–Trinajstić information content (AvgIpc) is 2.68. The standard InChI is InChI=1S/C23H22O10/c1-11(24)29-16-8-20(31-13(3)26)17-10-18(28)23(33-21(17)9-16)15-5-6-19(30-12(2)25)22(7-15)32-14(4)27/h5-9,18,23,28H,10H2,1-4H3/t18-,23+/m0/s1. The maximum Gasteiger partial charge on any atom is 0.308 e. The molecule has 2 aromatic rings. The van der Waals surface area contributed by atoms with Crippen LogP contribution >= 0.6 is 0 Å². The van der Waals surface area contributed by atoms with E-state index in [1.807, 2.05) is 0 Å². The summed E-state index contributed by atoms with van der Waals surface area (Å²) in [6.45, 7) is 4.84.